The topological polar surface area (TPSA) is 84.9 Å². The lowest BCUT2D eigenvalue weighted by atomic mass is 9.89. The number of halogens is 1. The van der Waals surface area contributed by atoms with Crippen LogP contribution in [0.5, 0.6) is 11.5 Å². The molecule has 1 heterocycles. The molecule has 0 saturated heterocycles. The van der Waals surface area contributed by atoms with Crippen LogP contribution in [0, 0.1) is 13.8 Å². The highest BCUT2D eigenvalue weighted by molar-refractivity contribution is 7.92. The average molecular weight is 543 g/mol. The second-order valence-electron chi connectivity index (χ2n) is 9.85. The van der Waals surface area contributed by atoms with Gasteiger partial charge >= 0.3 is 0 Å². The van der Waals surface area contributed by atoms with E-state index in [0.29, 0.717) is 34.2 Å². The monoisotopic (exact) mass is 542 g/mol. The van der Waals surface area contributed by atoms with E-state index in [4.69, 9.17) is 21.1 Å². The number of anilines is 1. The van der Waals surface area contributed by atoms with Crippen molar-refractivity contribution in [2.75, 3.05) is 18.0 Å². The number of benzene rings is 3. The number of ether oxygens (including phenoxy) is 2. The van der Waals surface area contributed by atoms with E-state index in [-0.39, 0.29) is 10.9 Å². The van der Waals surface area contributed by atoms with Crippen molar-refractivity contribution in [3.05, 3.63) is 82.4 Å². The number of carbonyl (C=O) groups is 1. The van der Waals surface area contributed by atoms with Crippen molar-refractivity contribution in [2.45, 2.75) is 50.7 Å². The summed E-state index contributed by atoms with van der Waals surface area (Å²) in [6, 6.07) is 16.6. The zero-order chi connectivity index (χ0) is 27.0. The lowest BCUT2D eigenvalue weighted by Gasteiger charge is -2.38. The van der Waals surface area contributed by atoms with E-state index in [1.807, 2.05) is 32.9 Å². The van der Waals surface area contributed by atoms with Gasteiger partial charge < -0.3 is 14.8 Å². The number of hydrogen-bond acceptors (Lipinski definition) is 5. The van der Waals surface area contributed by atoms with E-state index in [2.05, 4.69) is 5.32 Å². The minimum absolute atomic E-state index is 0.102. The van der Waals surface area contributed by atoms with Gasteiger partial charge in [-0.25, -0.2) is 8.42 Å². The predicted molar refractivity (Wildman–Crippen MR) is 145 cm³/mol. The molecule has 4 rings (SSSR count). The summed E-state index contributed by atoms with van der Waals surface area (Å²) in [5.74, 6) is 0.836. The third-order valence-corrected chi connectivity index (χ3v) is 8.35. The van der Waals surface area contributed by atoms with Crippen molar-refractivity contribution in [3.63, 3.8) is 0 Å². The Hall–Kier alpha value is -3.23. The first kappa shape index (κ1) is 26.8. The highest BCUT2D eigenvalue weighted by Gasteiger charge is 2.36. The Bertz CT molecular complexity index is 1420. The third kappa shape index (κ3) is 5.86. The minimum Gasteiger partial charge on any atom is -0.497 e. The van der Waals surface area contributed by atoms with Gasteiger partial charge in [0.25, 0.3) is 10.0 Å². The van der Waals surface area contributed by atoms with Crippen LogP contribution >= 0.6 is 11.6 Å². The third-order valence-electron chi connectivity index (χ3n) is 6.34. The van der Waals surface area contributed by atoms with Crippen LogP contribution in [0.2, 0.25) is 5.02 Å². The van der Waals surface area contributed by atoms with E-state index in [0.717, 1.165) is 15.4 Å². The Balaban J connectivity index is 1.67. The first-order valence-corrected chi connectivity index (χ1v) is 13.7. The van der Waals surface area contributed by atoms with Gasteiger partial charge in [-0.05, 0) is 75.7 Å². The van der Waals surface area contributed by atoms with Crippen molar-refractivity contribution >= 4 is 33.2 Å². The lowest BCUT2D eigenvalue weighted by Crippen LogP contribution is -2.45. The van der Waals surface area contributed by atoms with Crippen LogP contribution in [0.1, 0.15) is 43.0 Å². The van der Waals surface area contributed by atoms with Crippen LogP contribution in [0.3, 0.4) is 0 Å². The zero-order valence-electron chi connectivity index (χ0n) is 21.5. The second kappa shape index (κ2) is 10.3. The summed E-state index contributed by atoms with van der Waals surface area (Å²) < 4.78 is 40.1. The molecule has 7 nitrogen and oxygen atoms in total. The van der Waals surface area contributed by atoms with Gasteiger partial charge in [0.15, 0.2) is 0 Å². The van der Waals surface area contributed by atoms with Crippen molar-refractivity contribution in [1.29, 1.82) is 0 Å². The predicted octanol–water partition coefficient (Wildman–Crippen LogP) is 5.58. The Morgan fingerprint density at radius 1 is 1.11 bits per heavy atom. The zero-order valence-corrected chi connectivity index (χ0v) is 23.1. The van der Waals surface area contributed by atoms with Crippen molar-refractivity contribution < 1.29 is 22.7 Å². The van der Waals surface area contributed by atoms with Gasteiger partial charge in [0.2, 0.25) is 5.91 Å². The Kier molecular flexibility index (Phi) is 7.44. The van der Waals surface area contributed by atoms with Gasteiger partial charge in [-0.1, -0.05) is 29.3 Å². The van der Waals surface area contributed by atoms with Crippen LogP contribution in [0.25, 0.3) is 0 Å². The fourth-order valence-corrected chi connectivity index (χ4v) is 6.21. The molecule has 0 saturated carbocycles. The molecule has 0 aromatic heterocycles. The molecule has 0 fully saturated rings. The molecule has 3 aromatic rings. The van der Waals surface area contributed by atoms with Crippen molar-refractivity contribution in [2.24, 2.45) is 0 Å². The number of aryl methyl sites for hydroxylation is 2. The molecule has 3 aromatic carbocycles. The van der Waals surface area contributed by atoms with E-state index in [1.165, 1.54) is 0 Å². The SMILES string of the molecule is COc1ccc2c(c1)OC(C)(C)CC2NC(=O)CN(c1ccc(Cl)cc1C)S(=O)(=O)c1ccc(C)cc1. The average Bonchev–Trinajstić information content (AvgIpc) is 2.82. The van der Waals surface area contributed by atoms with Crippen LogP contribution in [-0.4, -0.2) is 33.6 Å². The van der Waals surface area contributed by atoms with Crippen LogP contribution < -0.4 is 19.1 Å². The Morgan fingerprint density at radius 2 is 1.81 bits per heavy atom. The normalized spacial score (nSPS) is 16.3. The maximum Gasteiger partial charge on any atom is 0.264 e. The molecule has 1 amide bonds. The highest BCUT2D eigenvalue weighted by atomic mass is 35.5. The molecule has 1 atom stereocenters. The number of fused-ring (bicyclic) bond motifs is 1. The quantitative estimate of drug-likeness (QED) is 0.421. The highest BCUT2D eigenvalue weighted by Crippen LogP contribution is 2.41. The molecule has 1 aliphatic rings. The van der Waals surface area contributed by atoms with Gasteiger partial charge in [-0.3, -0.25) is 9.10 Å². The summed E-state index contributed by atoms with van der Waals surface area (Å²) in [4.78, 5) is 13.5. The van der Waals surface area contributed by atoms with E-state index >= 15 is 0 Å². The summed E-state index contributed by atoms with van der Waals surface area (Å²) in [7, 11) is -2.47. The van der Waals surface area contributed by atoms with Crippen LogP contribution in [0.4, 0.5) is 5.69 Å². The molecule has 9 heteroatoms. The number of hydrogen-bond donors (Lipinski definition) is 1. The minimum atomic E-state index is -4.05. The van der Waals surface area contributed by atoms with Gasteiger partial charge in [0, 0.05) is 23.1 Å². The maximum atomic E-state index is 13.8. The maximum absolute atomic E-state index is 13.8. The molecule has 196 valence electrons. The summed E-state index contributed by atoms with van der Waals surface area (Å²) in [5.41, 5.74) is 2.23. The number of nitrogens with zero attached hydrogens (tertiary/aromatic N) is 1. The number of methoxy groups -OCH3 is 1. The lowest BCUT2D eigenvalue weighted by molar-refractivity contribution is -0.120. The Morgan fingerprint density at radius 3 is 2.46 bits per heavy atom. The number of carbonyl (C=O) groups excluding carboxylic acids is 1. The van der Waals surface area contributed by atoms with Crippen molar-refractivity contribution in [3.8, 4) is 11.5 Å². The largest absolute Gasteiger partial charge is 0.497 e. The molecule has 37 heavy (non-hydrogen) atoms. The van der Waals surface area contributed by atoms with Gasteiger partial charge in [0.1, 0.15) is 23.6 Å². The molecule has 1 aliphatic heterocycles. The molecular formula is C28H31ClN2O5S. The number of sulfonamides is 1. The van der Waals surface area contributed by atoms with Crippen LogP contribution in [-0.2, 0) is 14.8 Å². The Labute approximate surface area is 223 Å². The molecule has 0 radical (unpaired) electrons. The van der Waals surface area contributed by atoms with E-state index in [1.54, 1.807) is 62.6 Å². The summed E-state index contributed by atoms with van der Waals surface area (Å²) in [5, 5.41) is 3.52. The standard InChI is InChI=1S/C28H31ClN2O5S/c1-18-6-10-22(11-7-18)37(33,34)31(25-13-8-20(29)14-19(25)2)17-27(32)30-24-16-28(3,4)36-26-15-21(35-5)9-12-23(24)26/h6-15,24H,16-17H2,1-5H3,(H,30,32). The van der Waals surface area contributed by atoms with Crippen LogP contribution in [0.15, 0.2) is 65.6 Å². The molecule has 0 bridgehead atoms. The fraction of sp³-hybridized carbons (Fsp3) is 0.321. The second-order valence-corrected chi connectivity index (χ2v) is 12.1. The first-order valence-electron chi connectivity index (χ1n) is 11.9. The molecule has 1 N–H and O–H groups in total. The van der Waals surface area contributed by atoms with E-state index in [9.17, 15) is 13.2 Å². The molecule has 0 spiro atoms. The molecule has 1 unspecified atom stereocenters. The fourth-order valence-electron chi connectivity index (χ4n) is 4.49. The van der Waals surface area contributed by atoms with Crippen molar-refractivity contribution in [1.82, 2.24) is 5.32 Å². The number of rotatable bonds is 7. The first-order chi connectivity index (χ1) is 17.4. The van der Waals surface area contributed by atoms with Gasteiger partial charge in [-0.2, -0.15) is 0 Å². The summed E-state index contributed by atoms with van der Waals surface area (Å²) in [6.45, 7) is 7.14. The summed E-state index contributed by atoms with van der Waals surface area (Å²) >= 11 is 6.13. The van der Waals surface area contributed by atoms with Gasteiger partial charge in [0.05, 0.1) is 23.7 Å². The summed E-state index contributed by atoms with van der Waals surface area (Å²) in [6.07, 6.45) is 0.517. The number of amides is 1. The molecule has 0 aliphatic carbocycles. The number of nitrogens with one attached hydrogen (secondary N) is 1. The van der Waals surface area contributed by atoms with E-state index < -0.39 is 28.1 Å². The smallest absolute Gasteiger partial charge is 0.264 e. The molecular weight excluding hydrogens is 512 g/mol. The van der Waals surface area contributed by atoms with Gasteiger partial charge in [-0.15, -0.1) is 0 Å².